The van der Waals surface area contributed by atoms with Crippen molar-refractivity contribution in [2.24, 2.45) is 0 Å². The number of nitrogen functional groups attached to an aromatic ring is 1. The van der Waals surface area contributed by atoms with Crippen molar-refractivity contribution in [2.75, 3.05) is 11.1 Å². The number of hydrogen-bond acceptors (Lipinski definition) is 4. The molecule has 3 N–H and O–H groups in total. The molecule has 2 aromatic heterocycles. The van der Waals surface area contributed by atoms with E-state index in [9.17, 15) is 4.39 Å². The van der Waals surface area contributed by atoms with Crippen molar-refractivity contribution in [1.82, 2.24) is 9.97 Å². The highest BCUT2D eigenvalue weighted by Crippen LogP contribution is 2.28. The van der Waals surface area contributed by atoms with Crippen LogP contribution >= 0.6 is 0 Å². The molecule has 1 unspecified atom stereocenters. The Bertz CT molecular complexity index is 552. The lowest BCUT2D eigenvalue weighted by Gasteiger charge is -2.17. The third kappa shape index (κ3) is 2.99. The molecule has 4 nitrogen and oxygen atoms in total. The van der Waals surface area contributed by atoms with Crippen LogP contribution in [-0.2, 0) is 5.67 Å². The zero-order chi connectivity index (χ0) is 13.9. The minimum Gasteiger partial charge on any atom is -0.382 e. The molecular weight excluding hydrogens is 243 g/mol. The van der Waals surface area contributed by atoms with E-state index in [0.717, 1.165) is 5.69 Å². The summed E-state index contributed by atoms with van der Waals surface area (Å²) in [5.74, 6) is 0.412. The summed E-state index contributed by atoms with van der Waals surface area (Å²) in [4.78, 5) is 8.13. The van der Waals surface area contributed by atoms with Crippen molar-refractivity contribution in [1.29, 1.82) is 0 Å². The van der Waals surface area contributed by atoms with Gasteiger partial charge in [-0.2, -0.15) is 0 Å². The average molecular weight is 260 g/mol. The molecule has 0 aliphatic carbocycles. The first-order valence-electron chi connectivity index (χ1n) is 6.16. The van der Waals surface area contributed by atoms with E-state index < -0.39 is 5.67 Å². The molecule has 5 heteroatoms. The number of halogens is 1. The molecule has 0 fully saturated rings. The second-order valence-electron chi connectivity index (χ2n) is 4.54. The van der Waals surface area contributed by atoms with Crippen molar-refractivity contribution in [3.63, 3.8) is 0 Å². The van der Waals surface area contributed by atoms with Crippen LogP contribution in [0.3, 0.4) is 0 Å². The van der Waals surface area contributed by atoms with Gasteiger partial charge in [-0.3, -0.25) is 4.98 Å². The Morgan fingerprint density at radius 3 is 2.68 bits per heavy atom. The molecule has 2 rings (SSSR count). The second-order valence-corrected chi connectivity index (χ2v) is 4.54. The molecule has 0 aromatic carbocycles. The van der Waals surface area contributed by atoms with Gasteiger partial charge in [-0.05, 0) is 37.6 Å². The number of pyridine rings is 2. The normalized spacial score (nSPS) is 13.8. The summed E-state index contributed by atoms with van der Waals surface area (Å²) in [7, 11) is 0. The fourth-order valence-corrected chi connectivity index (χ4v) is 1.64. The van der Waals surface area contributed by atoms with Gasteiger partial charge in [0.25, 0.3) is 0 Å². The van der Waals surface area contributed by atoms with Gasteiger partial charge in [-0.1, -0.05) is 6.92 Å². The fraction of sp³-hybridized carbons (Fsp3) is 0.286. The Morgan fingerprint density at radius 1 is 1.32 bits per heavy atom. The topological polar surface area (TPSA) is 63.8 Å². The summed E-state index contributed by atoms with van der Waals surface area (Å²) in [6, 6.07) is 7.07. The van der Waals surface area contributed by atoms with Crippen LogP contribution in [0, 0.1) is 0 Å². The van der Waals surface area contributed by atoms with E-state index >= 15 is 0 Å². The van der Waals surface area contributed by atoms with Gasteiger partial charge in [0.1, 0.15) is 11.5 Å². The molecule has 0 saturated carbocycles. The number of alkyl halides is 1. The van der Waals surface area contributed by atoms with Crippen LogP contribution in [0.1, 0.15) is 26.0 Å². The Morgan fingerprint density at radius 2 is 2.11 bits per heavy atom. The first-order valence-corrected chi connectivity index (χ1v) is 6.16. The highest BCUT2D eigenvalue weighted by Gasteiger charge is 2.24. The minimum absolute atomic E-state index is 0.391. The summed E-state index contributed by atoms with van der Waals surface area (Å²) in [5.41, 5.74) is 6.22. The summed E-state index contributed by atoms with van der Waals surface area (Å²) in [6.45, 7) is 3.33. The van der Waals surface area contributed by atoms with E-state index in [2.05, 4.69) is 15.3 Å². The Hall–Kier alpha value is -2.17. The zero-order valence-electron chi connectivity index (χ0n) is 11.0. The first-order chi connectivity index (χ1) is 9.03. The van der Waals surface area contributed by atoms with Crippen LogP contribution in [-0.4, -0.2) is 9.97 Å². The molecule has 2 aromatic rings. The monoisotopic (exact) mass is 260 g/mol. The quantitative estimate of drug-likeness (QED) is 0.884. The zero-order valence-corrected chi connectivity index (χ0v) is 11.0. The van der Waals surface area contributed by atoms with Crippen LogP contribution in [0.15, 0.2) is 36.7 Å². The SMILES string of the molecule is CCC(C)(F)c1ccc(Nc2cccnc2N)cn1. The van der Waals surface area contributed by atoms with E-state index in [1.807, 2.05) is 6.07 Å². The number of hydrogen-bond donors (Lipinski definition) is 2. The average Bonchev–Trinajstić information content (AvgIpc) is 2.42. The lowest BCUT2D eigenvalue weighted by Crippen LogP contribution is -2.15. The number of nitrogens with zero attached hydrogens (tertiary/aromatic N) is 2. The molecule has 1 atom stereocenters. The summed E-state index contributed by atoms with van der Waals surface area (Å²) >= 11 is 0. The smallest absolute Gasteiger partial charge is 0.149 e. The van der Waals surface area contributed by atoms with Gasteiger partial charge in [0, 0.05) is 6.20 Å². The summed E-state index contributed by atoms with van der Waals surface area (Å²) < 4.78 is 14.1. The van der Waals surface area contributed by atoms with Crippen molar-refractivity contribution in [3.8, 4) is 0 Å². The van der Waals surface area contributed by atoms with Crippen molar-refractivity contribution in [3.05, 3.63) is 42.4 Å². The highest BCUT2D eigenvalue weighted by atomic mass is 19.1. The number of rotatable bonds is 4. The Balaban J connectivity index is 2.18. The summed E-state index contributed by atoms with van der Waals surface area (Å²) in [6.07, 6.45) is 3.61. The van der Waals surface area contributed by atoms with Crippen LogP contribution in [0.5, 0.6) is 0 Å². The third-order valence-electron chi connectivity index (χ3n) is 3.08. The molecular formula is C14H17FN4. The second kappa shape index (κ2) is 5.22. The van der Waals surface area contributed by atoms with E-state index in [1.54, 1.807) is 37.5 Å². The molecule has 0 spiro atoms. The lowest BCUT2D eigenvalue weighted by molar-refractivity contribution is 0.179. The molecule has 0 radical (unpaired) electrons. The minimum atomic E-state index is -1.40. The maximum atomic E-state index is 14.1. The van der Waals surface area contributed by atoms with Gasteiger partial charge in [0.2, 0.25) is 0 Å². The number of anilines is 3. The molecule has 0 amide bonds. The third-order valence-corrected chi connectivity index (χ3v) is 3.08. The van der Waals surface area contributed by atoms with Crippen LogP contribution in [0.4, 0.5) is 21.6 Å². The number of aromatic nitrogens is 2. The molecule has 0 saturated heterocycles. The molecule has 0 aliphatic rings. The number of nitrogens with two attached hydrogens (primary N) is 1. The Labute approximate surface area is 111 Å². The van der Waals surface area contributed by atoms with Crippen LogP contribution in [0.25, 0.3) is 0 Å². The van der Waals surface area contributed by atoms with Crippen LogP contribution < -0.4 is 11.1 Å². The molecule has 100 valence electrons. The highest BCUT2D eigenvalue weighted by molar-refractivity contribution is 5.68. The largest absolute Gasteiger partial charge is 0.382 e. The van der Waals surface area contributed by atoms with Gasteiger partial charge >= 0.3 is 0 Å². The maximum Gasteiger partial charge on any atom is 0.149 e. The predicted octanol–water partition coefficient (Wildman–Crippen LogP) is 3.40. The standard InChI is InChI=1S/C14H17FN4/c1-3-14(2,15)12-7-6-10(9-18-12)19-11-5-4-8-17-13(11)16/h4-9,19H,3H2,1-2H3,(H2,16,17). The first kappa shape index (κ1) is 13.3. The van der Waals surface area contributed by atoms with E-state index in [0.29, 0.717) is 23.6 Å². The predicted molar refractivity (Wildman–Crippen MR) is 74.9 cm³/mol. The van der Waals surface area contributed by atoms with Gasteiger partial charge in [-0.25, -0.2) is 9.37 Å². The maximum absolute atomic E-state index is 14.1. The van der Waals surface area contributed by atoms with Crippen molar-refractivity contribution >= 4 is 17.2 Å². The van der Waals surface area contributed by atoms with Crippen LogP contribution in [0.2, 0.25) is 0 Å². The molecule has 2 heterocycles. The molecule has 0 bridgehead atoms. The van der Waals surface area contributed by atoms with Crippen molar-refractivity contribution in [2.45, 2.75) is 25.9 Å². The molecule has 19 heavy (non-hydrogen) atoms. The van der Waals surface area contributed by atoms with Crippen molar-refractivity contribution < 1.29 is 4.39 Å². The number of nitrogens with one attached hydrogen (secondary N) is 1. The van der Waals surface area contributed by atoms with Gasteiger partial charge in [-0.15, -0.1) is 0 Å². The summed E-state index contributed by atoms with van der Waals surface area (Å²) in [5, 5.41) is 3.10. The van der Waals surface area contributed by atoms with E-state index in [4.69, 9.17) is 5.73 Å². The lowest BCUT2D eigenvalue weighted by atomic mass is 10.0. The van der Waals surface area contributed by atoms with Gasteiger partial charge in [0.05, 0.1) is 23.3 Å². The van der Waals surface area contributed by atoms with E-state index in [-0.39, 0.29) is 0 Å². The van der Waals surface area contributed by atoms with E-state index in [1.165, 1.54) is 6.92 Å². The van der Waals surface area contributed by atoms with Gasteiger partial charge in [0.15, 0.2) is 0 Å². The fourth-order valence-electron chi connectivity index (χ4n) is 1.64. The molecule has 0 aliphatic heterocycles. The Kier molecular flexibility index (Phi) is 3.64. The van der Waals surface area contributed by atoms with Gasteiger partial charge < -0.3 is 11.1 Å².